The van der Waals surface area contributed by atoms with Gasteiger partial charge in [-0.1, -0.05) is 81.8 Å². The van der Waals surface area contributed by atoms with E-state index in [0.717, 1.165) is 0 Å². The van der Waals surface area contributed by atoms with Gasteiger partial charge < -0.3 is 4.90 Å². The molecule has 0 amide bonds. The van der Waals surface area contributed by atoms with Crippen molar-refractivity contribution in [3.8, 4) is 0 Å². The van der Waals surface area contributed by atoms with Crippen LogP contribution in [-0.2, 0) is 6.42 Å². The Labute approximate surface area is 136 Å². The number of hydrogen-bond acceptors (Lipinski definition) is 1. The van der Waals surface area contributed by atoms with Crippen LogP contribution in [0.5, 0.6) is 0 Å². The largest absolute Gasteiger partial charge is 0.345 e. The third-order valence-electron chi connectivity index (χ3n) is 4.50. The molecule has 0 unspecified atom stereocenters. The average molecular weight is 293 g/mol. The topological polar surface area (TPSA) is 3.24 Å². The summed E-state index contributed by atoms with van der Waals surface area (Å²) in [5.41, 5.74) is 7.46. The van der Waals surface area contributed by atoms with E-state index in [-0.39, 0.29) is 0 Å². The number of rotatable bonds is 0. The van der Waals surface area contributed by atoms with Gasteiger partial charge in [-0.25, -0.2) is 0 Å². The molecule has 0 aromatic heterocycles. The SMILES string of the molecule is CC.CC.CN1c2ccccc2B2CCCc3cccc1c32. The van der Waals surface area contributed by atoms with Gasteiger partial charge in [0.15, 0.2) is 0 Å². The summed E-state index contributed by atoms with van der Waals surface area (Å²) in [6, 6.07) is 15.7. The summed E-state index contributed by atoms with van der Waals surface area (Å²) < 4.78 is 0. The quantitative estimate of drug-likeness (QED) is 0.652. The maximum absolute atomic E-state index is 2.36. The highest BCUT2D eigenvalue weighted by Gasteiger charge is 2.34. The molecule has 0 N–H and O–H groups in total. The summed E-state index contributed by atoms with van der Waals surface area (Å²) >= 11 is 0. The van der Waals surface area contributed by atoms with Crippen LogP contribution in [0, 0.1) is 0 Å². The maximum Gasteiger partial charge on any atom is 0.215 e. The number of hydrogen-bond donors (Lipinski definition) is 0. The molecular weight excluding hydrogens is 265 g/mol. The number of fused-ring (bicyclic) bond motifs is 2. The van der Waals surface area contributed by atoms with Crippen molar-refractivity contribution in [1.29, 1.82) is 0 Å². The first-order valence-electron chi connectivity index (χ1n) is 8.80. The van der Waals surface area contributed by atoms with Crippen molar-refractivity contribution in [1.82, 2.24) is 0 Å². The molecule has 2 aliphatic rings. The van der Waals surface area contributed by atoms with Gasteiger partial charge in [-0.15, -0.1) is 0 Å². The first-order valence-corrected chi connectivity index (χ1v) is 8.80. The Morgan fingerprint density at radius 2 is 1.55 bits per heavy atom. The van der Waals surface area contributed by atoms with E-state index in [9.17, 15) is 0 Å². The minimum absolute atomic E-state index is 0.623. The van der Waals surface area contributed by atoms with E-state index in [1.54, 1.807) is 11.0 Å². The first kappa shape index (κ1) is 16.7. The zero-order chi connectivity index (χ0) is 16.1. The van der Waals surface area contributed by atoms with Gasteiger partial charge in [0.25, 0.3) is 0 Å². The second kappa shape index (κ2) is 7.53. The van der Waals surface area contributed by atoms with E-state index in [1.807, 2.05) is 27.7 Å². The van der Waals surface area contributed by atoms with Crippen LogP contribution in [0.4, 0.5) is 11.4 Å². The highest BCUT2D eigenvalue weighted by Crippen LogP contribution is 2.31. The molecule has 4 rings (SSSR count). The summed E-state index contributed by atoms with van der Waals surface area (Å²) in [7, 11) is 2.19. The molecule has 0 aliphatic carbocycles. The minimum Gasteiger partial charge on any atom is -0.345 e. The van der Waals surface area contributed by atoms with Crippen LogP contribution in [0.1, 0.15) is 39.7 Å². The molecule has 0 bridgehead atoms. The second-order valence-electron chi connectivity index (χ2n) is 5.41. The predicted molar refractivity (Wildman–Crippen MR) is 102 cm³/mol. The van der Waals surface area contributed by atoms with Crippen LogP contribution in [-0.4, -0.2) is 13.8 Å². The summed E-state index contributed by atoms with van der Waals surface area (Å²) in [5, 5.41) is 0. The number of benzene rings is 2. The fourth-order valence-electron chi connectivity index (χ4n) is 3.68. The highest BCUT2D eigenvalue weighted by molar-refractivity contribution is 6.88. The molecule has 0 atom stereocenters. The second-order valence-corrected chi connectivity index (χ2v) is 5.41. The van der Waals surface area contributed by atoms with Crippen LogP contribution >= 0.6 is 0 Å². The molecule has 2 heterocycles. The highest BCUT2D eigenvalue weighted by atomic mass is 15.1. The van der Waals surface area contributed by atoms with E-state index in [2.05, 4.69) is 54.4 Å². The third-order valence-corrected chi connectivity index (χ3v) is 4.50. The van der Waals surface area contributed by atoms with E-state index in [0.29, 0.717) is 6.71 Å². The van der Waals surface area contributed by atoms with E-state index < -0.39 is 0 Å². The summed E-state index contributed by atoms with van der Waals surface area (Å²) in [6.45, 7) is 8.62. The molecule has 2 aliphatic heterocycles. The van der Waals surface area contributed by atoms with Gasteiger partial charge in [0, 0.05) is 18.4 Å². The predicted octanol–water partition coefficient (Wildman–Crippen LogP) is 4.38. The van der Waals surface area contributed by atoms with Gasteiger partial charge in [0.1, 0.15) is 0 Å². The van der Waals surface area contributed by atoms with Crippen molar-refractivity contribution in [2.45, 2.75) is 46.9 Å². The van der Waals surface area contributed by atoms with Crippen LogP contribution in [0.25, 0.3) is 0 Å². The van der Waals surface area contributed by atoms with Crippen molar-refractivity contribution < 1.29 is 0 Å². The monoisotopic (exact) mass is 293 g/mol. The lowest BCUT2D eigenvalue weighted by atomic mass is 9.34. The summed E-state index contributed by atoms with van der Waals surface area (Å²) in [4.78, 5) is 2.36. The molecule has 1 nitrogen and oxygen atoms in total. The molecule has 116 valence electrons. The van der Waals surface area contributed by atoms with Crippen LogP contribution in [0.15, 0.2) is 42.5 Å². The van der Waals surface area contributed by atoms with Gasteiger partial charge in [0.2, 0.25) is 6.71 Å². The number of aryl methyl sites for hydroxylation is 1. The molecule has 0 fully saturated rings. The normalized spacial score (nSPS) is 13.9. The molecule has 2 heteroatoms. The summed E-state index contributed by atoms with van der Waals surface area (Å²) in [6.07, 6.45) is 3.86. The Morgan fingerprint density at radius 3 is 2.32 bits per heavy atom. The Bertz CT molecular complexity index is 621. The van der Waals surface area contributed by atoms with Crippen LogP contribution < -0.4 is 15.8 Å². The number of para-hydroxylation sites is 1. The fourth-order valence-corrected chi connectivity index (χ4v) is 3.68. The molecule has 2 aromatic rings. The minimum atomic E-state index is 0.623. The lowest BCUT2D eigenvalue weighted by Crippen LogP contribution is -2.53. The standard InChI is InChI=1S/C16H16BN.2C2H6/c1-18-14-9-3-2-8-13(14)17-11-5-7-12-6-4-10-15(18)16(12)17;2*1-2/h2-4,6,8-10H,5,7,11H2,1H3;2*1-2H3. The average Bonchev–Trinajstić information content (AvgIpc) is 2.63. The molecule has 0 saturated carbocycles. The van der Waals surface area contributed by atoms with Crippen molar-refractivity contribution in [2.75, 3.05) is 11.9 Å². The van der Waals surface area contributed by atoms with Gasteiger partial charge in [-0.3, -0.25) is 0 Å². The Kier molecular flexibility index (Phi) is 5.71. The zero-order valence-electron chi connectivity index (χ0n) is 14.7. The van der Waals surface area contributed by atoms with Crippen molar-refractivity contribution in [2.24, 2.45) is 0 Å². The summed E-state index contributed by atoms with van der Waals surface area (Å²) in [5.74, 6) is 0. The van der Waals surface area contributed by atoms with Gasteiger partial charge >= 0.3 is 0 Å². The first-order chi connectivity index (χ1) is 10.9. The molecule has 2 aromatic carbocycles. The van der Waals surface area contributed by atoms with Crippen LogP contribution in [0.3, 0.4) is 0 Å². The third kappa shape index (κ3) is 2.67. The number of nitrogens with zero attached hydrogens (tertiary/aromatic N) is 1. The number of anilines is 2. The molecule has 0 radical (unpaired) electrons. The van der Waals surface area contributed by atoms with E-state index >= 15 is 0 Å². The maximum atomic E-state index is 2.36. The van der Waals surface area contributed by atoms with Gasteiger partial charge in [-0.2, -0.15) is 0 Å². The Morgan fingerprint density at radius 1 is 0.864 bits per heavy atom. The van der Waals surface area contributed by atoms with E-state index in [1.165, 1.54) is 36.0 Å². The molecule has 0 saturated heterocycles. The molecule has 0 spiro atoms. The Hall–Kier alpha value is -1.70. The van der Waals surface area contributed by atoms with Crippen molar-refractivity contribution >= 4 is 29.0 Å². The smallest absolute Gasteiger partial charge is 0.215 e. The molecule has 22 heavy (non-hydrogen) atoms. The lowest BCUT2D eigenvalue weighted by Gasteiger charge is -2.37. The van der Waals surface area contributed by atoms with Crippen molar-refractivity contribution in [3.05, 3.63) is 48.0 Å². The van der Waals surface area contributed by atoms with Crippen molar-refractivity contribution in [3.63, 3.8) is 0 Å². The van der Waals surface area contributed by atoms with E-state index in [4.69, 9.17) is 0 Å². The van der Waals surface area contributed by atoms with Crippen LogP contribution in [0.2, 0.25) is 6.32 Å². The molecular formula is C20H28BN. The zero-order valence-corrected chi connectivity index (χ0v) is 14.7. The fraction of sp³-hybridized carbons (Fsp3) is 0.400. The van der Waals surface area contributed by atoms with Gasteiger partial charge in [-0.05, 0) is 24.0 Å². The Balaban J connectivity index is 0.000000410. The lowest BCUT2D eigenvalue weighted by molar-refractivity contribution is 0.898. The van der Waals surface area contributed by atoms with Gasteiger partial charge in [0.05, 0.1) is 0 Å².